The fraction of sp³-hybridized carbons (Fsp3) is 0.0645. The van der Waals surface area contributed by atoms with E-state index in [4.69, 9.17) is 9.15 Å². The summed E-state index contributed by atoms with van der Waals surface area (Å²) in [5.74, 6) is 0.351. The number of para-hydroxylation sites is 1. The molecule has 3 aromatic carbocycles. The summed E-state index contributed by atoms with van der Waals surface area (Å²) in [5, 5.41) is 24.3. The first kappa shape index (κ1) is 27.8. The van der Waals surface area contributed by atoms with E-state index in [0.717, 1.165) is 16.9 Å². The van der Waals surface area contributed by atoms with Gasteiger partial charge in [-0.1, -0.05) is 30.3 Å². The van der Waals surface area contributed by atoms with Gasteiger partial charge in [0.25, 0.3) is 17.2 Å². The van der Waals surface area contributed by atoms with Crippen LogP contribution in [0.2, 0.25) is 0 Å². The lowest BCUT2D eigenvalue weighted by Crippen LogP contribution is -2.32. The number of methoxy groups -OCH3 is 1. The van der Waals surface area contributed by atoms with Gasteiger partial charge in [-0.05, 0) is 55.0 Å². The molecule has 11 heteroatoms. The number of thiazole rings is 1. The number of carbonyl (C=O) groups excluding carboxylic acids is 1. The number of rotatable bonds is 7. The number of anilines is 1. The van der Waals surface area contributed by atoms with Gasteiger partial charge in [-0.15, -0.1) is 11.3 Å². The second-order valence-electron chi connectivity index (χ2n) is 9.04. The molecular weight excluding hydrogens is 556 g/mol. The Bertz CT molecular complexity index is 2050. The van der Waals surface area contributed by atoms with Crippen LogP contribution in [0.4, 0.5) is 11.4 Å². The number of amides is 1. The summed E-state index contributed by atoms with van der Waals surface area (Å²) in [5.41, 5.74) is 1.07. The van der Waals surface area contributed by atoms with Crippen molar-refractivity contribution in [1.29, 1.82) is 5.26 Å². The van der Waals surface area contributed by atoms with Crippen LogP contribution in [0.15, 0.2) is 94.1 Å². The average molecular weight is 579 g/mol. The lowest BCUT2D eigenvalue weighted by molar-refractivity contribution is -0.384. The number of carbonyl (C=O) groups is 1. The molecule has 0 saturated heterocycles. The maximum atomic E-state index is 13.7. The molecule has 0 unspecified atom stereocenters. The van der Waals surface area contributed by atoms with Gasteiger partial charge in [0.15, 0.2) is 5.57 Å². The van der Waals surface area contributed by atoms with E-state index in [2.05, 4.69) is 5.32 Å². The van der Waals surface area contributed by atoms with Gasteiger partial charge in [-0.2, -0.15) is 5.26 Å². The Morgan fingerprint density at radius 3 is 2.60 bits per heavy atom. The molecule has 0 spiro atoms. The molecule has 2 aromatic heterocycles. The summed E-state index contributed by atoms with van der Waals surface area (Å²) in [6, 6.07) is 25.3. The average Bonchev–Trinajstić information content (AvgIpc) is 3.58. The van der Waals surface area contributed by atoms with E-state index in [1.54, 1.807) is 85.8 Å². The quantitative estimate of drug-likeness (QED) is 0.221. The standard InChI is InChI=1S/C31H22N4O6S/c1-19-11-13-24(26(15-19)35(38)39)27-14-12-23(41-27)17-28-30(37)34(21-8-4-3-5-9-21)31(42-28)25(18-32)29(36)33-20-7-6-10-22(16-20)40-2/h3-17H,1-2H3,(H,33,36)/b28-17+,31-25-. The van der Waals surface area contributed by atoms with E-state index in [1.165, 1.54) is 23.8 Å². The fourth-order valence-electron chi connectivity index (χ4n) is 4.26. The monoisotopic (exact) mass is 578 g/mol. The summed E-state index contributed by atoms with van der Waals surface area (Å²) in [6.45, 7) is 1.76. The maximum Gasteiger partial charge on any atom is 0.280 e. The van der Waals surface area contributed by atoms with Crippen molar-refractivity contribution in [1.82, 2.24) is 4.57 Å². The second kappa shape index (κ2) is 11.8. The van der Waals surface area contributed by atoms with E-state index in [0.29, 0.717) is 22.7 Å². The van der Waals surface area contributed by atoms with Crippen LogP contribution in [0.3, 0.4) is 0 Å². The van der Waals surface area contributed by atoms with Crippen molar-refractivity contribution in [3.63, 3.8) is 0 Å². The number of ether oxygens (including phenoxy) is 1. The molecule has 1 N–H and O–H groups in total. The Morgan fingerprint density at radius 1 is 1.10 bits per heavy atom. The van der Waals surface area contributed by atoms with Crippen LogP contribution in [0.25, 0.3) is 28.7 Å². The lowest BCUT2D eigenvalue weighted by atomic mass is 10.1. The minimum absolute atomic E-state index is 0.101. The summed E-state index contributed by atoms with van der Waals surface area (Å²) < 4.78 is 12.7. The van der Waals surface area contributed by atoms with Crippen LogP contribution in [0.5, 0.6) is 5.75 Å². The summed E-state index contributed by atoms with van der Waals surface area (Å²) in [4.78, 5) is 38.1. The van der Waals surface area contributed by atoms with Crippen molar-refractivity contribution in [2.75, 3.05) is 12.4 Å². The van der Waals surface area contributed by atoms with Gasteiger partial charge in [0.1, 0.15) is 28.0 Å². The molecular formula is C31H22N4O6S. The lowest BCUT2D eigenvalue weighted by Gasteiger charge is -2.07. The Kier molecular flexibility index (Phi) is 7.81. The van der Waals surface area contributed by atoms with E-state index in [9.17, 15) is 25.0 Å². The molecule has 10 nitrogen and oxygen atoms in total. The van der Waals surface area contributed by atoms with Crippen molar-refractivity contribution in [3.05, 3.63) is 126 Å². The number of aromatic nitrogens is 1. The van der Waals surface area contributed by atoms with Crippen LogP contribution in [0, 0.1) is 28.4 Å². The minimum Gasteiger partial charge on any atom is -0.497 e. The van der Waals surface area contributed by atoms with Crippen LogP contribution < -0.4 is 24.8 Å². The normalized spacial score (nSPS) is 12.0. The van der Waals surface area contributed by atoms with Gasteiger partial charge in [0.05, 0.1) is 27.8 Å². The van der Waals surface area contributed by atoms with E-state index < -0.39 is 16.4 Å². The van der Waals surface area contributed by atoms with Crippen LogP contribution in [-0.4, -0.2) is 22.5 Å². The molecule has 2 heterocycles. The van der Waals surface area contributed by atoms with Gasteiger partial charge >= 0.3 is 0 Å². The van der Waals surface area contributed by atoms with Gasteiger partial charge < -0.3 is 14.5 Å². The van der Waals surface area contributed by atoms with Gasteiger partial charge in [0.2, 0.25) is 0 Å². The van der Waals surface area contributed by atoms with Crippen molar-refractivity contribution >= 4 is 40.3 Å². The molecule has 0 radical (unpaired) electrons. The molecule has 0 fully saturated rings. The maximum absolute atomic E-state index is 13.7. The third-order valence-corrected chi connectivity index (χ3v) is 7.33. The fourth-order valence-corrected chi connectivity index (χ4v) is 5.34. The Balaban J connectivity index is 1.65. The van der Waals surface area contributed by atoms with E-state index >= 15 is 0 Å². The summed E-state index contributed by atoms with van der Waals surface area (Å²) >= 11 is 0.952. The highest BCUT2D eigenvalue weighted by atomic mass is 32.1. The predicted molar refractivity (Wildman–Crippen MR) is 159 cm³/mol. The number of aryl methyl sites for hydroxylation is 1. The molecule has 1 amide bonds. The Labute approximate surface area is 242 Å². The number of nitrogens with one attached hydrogen (secondary N) is 1. The summed E-state index contributed by atoms with van der Waals surface area (Å²) in [6.07, 6.45) is 1.48. The second-order valence-corrected chi connectivity index (χ2v) is 10.1. The highest BCUT2D eigenvalue weighted by Gasteiger charge is 2.20. The molecule has 0 atom stereocenters. The SMILES string of the molecule is COc1cccc(NC(=O)/C(C#N)=c2\s/c(=C/c3ccc(-c4ccc(C)cc4[N+](=O)[O-])o3)c(=O)n2-c2ccccc2)c1. The van der Waals surface area contributed by atoms with Gasteiger partial charge in [0, 0.05) is 23.9 Å². The van der Waals surface area contributed by atoms with E-state index in [1.807, 2.05) is 6.07 Å². The molecule has 0 aliphatic heterocycles. The molecule has 42 heavy (non-hydrogen) atoms. The van der Waals surface area contributed by atoms with Crippen LogP contribution >= 0.6 is 11.3 Å². The predicted octanol–water partition coefficient (Wildman–Crippen LogP) is 4.53. The Morgan fingerprint density at radius 2 is 1.88 bits per heavy atom. The summed E-state index contributed by atoms with van der Waals surface area (Å²) in [7, 11) is 1.50. The number of furan rings is 1. The van der Waals surface area contributed by atoms with Crippen LogP contribution in [0.1, 0.15) is 11.3 Å². The smallest absolute Gasteiger partial charge is 0.280 e. The number of hydrogen-bond donors (Lipinski definition) is 1. The topological polar surface area (TPSA) is 140 Å². The first-order valence-electron chi connectivity index (χ1n) is 12.5. The molecule has 208 valence electrons. The first-order valence-corrected chi connectivity index (χ1v) is 13.3. The van der Waals surface area contributed by atoms with Crippen molar-refractivity contribution in [2.24, 2.45) is 0 Å². The number of nitrogens with zero attached hydrogens (tertiary/aromatic N) is 3. The molecule has 0 saturated carbocycles. The molecule has 5 aromatic rings. The van der Waals surface area contributed by atoms with Gasteiger partial charge in [-0.3, -0.25) is 24.3 Å². The van der Waals surface area contributed by atoms with Gasteiger partial charge in [-0.25, -0.2) is 0 Å². The first-order chi connectivity index (χ1) is 20.3. The molecule has 0 aliphatic carbocycles. The number of nitro benzene ring substituents is 1. The zero-order valence-corrected chi connectivity index (χ0v) is 23.2. The molecule has 0 aliphatic rings. The Hall–Kier alpha value is -5.73. The highest BCUT2D eigenvalue weighted by molar-refractivity contribution is 7.07. The zero-order valence-electron chi connectivity index (χ0n) is 22.4. The van der Waals surface area contributed by atoms with Crippen molar-refractivity contribution in [2.45, 2.75) is 6.92 Å². The largest absolute Gasteiger partial charge is 0.497 e. The van der Waals surface area contributed by atoms with Crippen molar-refractivity contribution in [3.8, 4) is 28.8 Å². The third-order valence-electron chi connectivity index (χ3n) is 6.23. The minimum atomic E-state index is -0.699. The molecule has 5 rings (SSSR count). The third kappa shape index (κ3) is 5.60. The molecule has 0 bridgehead atoms. The number of benzene rings is 3. The number of hydrogen-bond acceptors (Lipinski definition) is 8. The van der Waals surface area contributed by atoms with Crippen molar-refractivity contribution < 1.29 is 18.9 Å². The van der Waals surface area contributed by atoms with E-state index in [-0.39, 0.29) is 32.0 Å². The number of nitriles is 1. The highest BCUT2D eigenvalue weighted by Crippen LogP contribution is 2.32. The zero-order chi connectivity index (χ0) is 29.8. The van der Waals surface area contributed by atoms with Crippen LogP contribution in [-0.2, 0) is 4.79 Å². The number of nitro groups is 1.